The van der Waals surface area contributed by atoms with Crippen molar-refractivity contribution in [1.29, 1.82) is 0 Å². The fraction of sp³-hybridized carbons (Fsp3) is 0.267. The Labute approximate surface area is 136 Å². The summed E-state index contributed by atoms with van der Waals surface area (Å²) in [7, 11) is 0. The molecule has 1 aromatic carbocycles. The molecule has 1 N–H and O–H groups in total. The van der Waals surface area contributed by atoms with E-state index < -0.39 is 27.8 Å². The topological polar surface area (TPSA) is 37.3 Å². The molecule has 3 unspecified atom stereocenters. The fourth-order valence-corrected chi connectivity index (χ4v) is 4.22. The second-order valence-electron chi connectivity index (χ2n) is 4.62. The van der Waals surface area contributed by atoms with E-state index in [1.807, 2.05) is 0 Å². The van der Waals surface area contributed by atoms with Gasteiger partial charge in [0.2, 0.25) is 0 Å². The molecule has 0 amide bonds. The first-order valence-electron chi connectivity index (χ1n) is 6.14. The maximum absolute atomic E-state index is 13.6. The molecule has 21 heavy (non-hydrogen) atoms. The number of hydrogen-bond donors (Lipinski definition) is 1. The molecule has 1 aliphatic rings. The van der Waals surface area contributed by atoms with Crippen molar-refractivity contribution in [3.05, 3.63) is 58.9 Å². The van der Waals surface area contributed by atoms with E-state index in [9.17, 15) is 14.3 Å². The van der Waals surface area contributed by atoms with Crippen molar-refractivity contribution in [2.24, 2.45) is 0 Å². The Hall–Kier alpha value is -0.810. The second kappa shape index (κ2) is 6.53. The molecule has 0 fully saturated rings. The van der Waals surface area contributed by atoms with Crippen LogP contribution in [0.3, 0.4) is 0 Å². The summed E-state index contributed by atoms with van der Waals surface area (Å²) in [6.45, 7) is 0. The Kier molecular flexibility index (Phi) is 5.15. The Morgan fingerprint density at radius 3 is 2.62 bits per heavy atom. The molecule has 0 aliphatic heterocycles. The maximum atomic E-state index is 13.6. The third-order valence-corrected chi connectivity index (χ3v) is 5.43. The molecule has 0 saturated carbocycles. The summed E-state index contributed by atoms with van der Waals surface area (Å²) in [5, 5.41) is 9.73. The quantitative estimate of drug-likeness (QED) is 0.837. The van der Waals surface area contributed by atoms with Gasteiger partial charge < -0.3 is 5.11 Å². The van der Waals surface area contributed by atoms with E-state index >= 15 is 0 Å². The summed E-state index contributed by atoms with van der Waals surface area (Å²) in [4.78, 5) is 10.9. The Balaban J connectivity index is 2.38. The van der Waals surface area contributed by atoms with E-state index in [-0.39, 0.29) is 5.03 Å². The number of halogens is 3. The highest BCUT2D eigenvalue weighted by Gasteiger charge is 2.48. The molecule has 112 valence electrons. The highest BCUT2D eigenvalue weighted by molar-refractivity contribution is 7.99. The van der Waals surface area contributed by atoms with Crippen LogP contribution in [0.25, 0.3) is 0 Å². The molecule has 0 radical (unpaired) electrons. The van der Waals surface area contributed by atoms with Gasteiger partial charge in [0.1, 0.15) is 16.8 Å². The van der Waals surface area contributed by atoms with Gasteiger partial charge in [-0.2, -0.15) is 11.8 Å². The molecule has 1 aromatic rings. The number of thioether (sulfide) groups is 1. The van der Waals surface area contributed by atoms with Crippen molar-refractivity contribution in [3.63, 3.8) is 0 Å². The normalized spacial score (nSPS) is 26.8. The first-order valence-corrected chi connectivity index (χ1v) is 8.19. The predicted octanol–water partition coefficient (Wildman–Crippen LogP) is 3.99. The Bertz CT molecular complexity index is 603. The molecule has 0 aromatic heterocycles. The lowest BCUT2D eigenvalue weighted by Crippen LogP contribution is -2.45. The third-order valence-electron chi connectivity index (χ3n) is 3.23. The molecule has 2 nitrogen and oxygen atoms in total. The SMILES string of the molecule is CSC1C(Cl)=CC(F)=CC1(Cl)C(=O)C(O)c1ccccc1. The van der Waals surface area contributed by atoms with Crippen molar-refractivity contribution < 1.29 is 14.3 Å². The summed E-state index contributed by atoms with van der Waals surface area (Å²) in [6.07, 6.45) is 2.42. The average molecular weight is 347 g/mol. The van der Waals surface area contributed by atoms with Crippen LogP contribution in [0.5, 0.6) is 0 Å². The number of aliphatic hydroxyl groups excluding tert-OH is 1. The van der Waals surface area contributed by atoms with E-state index in [1.165, 1.54) is 11.8 Å². The summed E-state index contributed by atoms with van der Waals surface area (Å²) in [5.74, 6) is -1.38. The smallest absolute Gasteiger partial charge is 0.192 e. The second-order valence-corrected chi connectivity index (χ2v) is 6.62. The van der Waals surface area contributed by atoms with Gasteiger partial charge in [0, 0.05) is 5.03 Å². The first kappa shape index (κ1) is 16.6. The number of Topliss-reactive ketones (excluding diaryl/α,β-unsaturated/α-hetero) is 1. The van der Waals surface area contributed by atoms with Crippen LogP contribution in [0.1, 0.15) is 11.7 Å². The minimum absolute atomic E-state index is 0.145. The minimum Gasteiger partial charge on any atom is -0.380 e. The lowest BCUT2D eigenvalue weighted by atomic mass is 9.88. The number of carbonyl (C=O) groups excluding carboxylic acids is 1. The van der Waals surface area contributed by atoms with Gasteiger partial charge in [-0.1, -0.05) is 41.9 Å². The zero-order chi connectivity index (χ0) is 15.6. The van der Waals surface area contributed by atoms with Gasteiger partial charge >= 0.3 is 0 Å². The number of aliphatic hydroxyl groups is 1. The van der Waals surface area contributed by atoms with Gasteiger partial charge in [-0.3, -0.25) is 4.79 Å². The summed E-state index contributed by atoms with van der Waals surface area (Å²) in [5.41, 5.74) is 0.405. The lowest BCUT2D eigenvalue weighted by molar-refractivity contribution is -0.128. The number of ketones is 1. The molecule has 0 spiro atoms. The van der Waals surface area contributed by atoms with E-state index in [2.05, 4.69) is 0 Å². The van der Waals surface area contributed by atoms with Crippen LogP contribution < -0.4 is 0 Å². The van der Waals surface area contributed by atoms with Crippen LogP contribution >= 0.6 is 35.0 Å². The van der Waals surface area contributed by atoms with Crippen LogP contribution in [0.15, 0.2) is 53.3 Å². The van der Waals surface area contributed by atoms with E-state index in [4.69, 9.17) is 23.2 Å². The molecule has 6 heteroatoms. The Morgan fingerprint density at radius 2 is 2.05 bits per heavy atom. The molecule has 0 heterocycles. The number of benzene rings is 1. The molecule has 0 saturated heterocycles. The molecular formula is C15H13Cl2FO2S. The van der Waals surface area contributed by atoms with Crippen LogP contribution in [0.2, 0.25) is 0 Å². The zero-order valence-corrected chi connectivity index (χ0v) is 13.4. The molecule has 1 aliphatic carbocycles. The predicted molar refractivity (Wildman–Crippen MR) is 85.4 cm³/mol. The lowest BCUT2D eigenvalue weighted by Gasteiger charge is -2.34. The van der Waals surface area contributed by atoms with Gasteiger partial charge in [-0.15, -0.1) is 11.6 Å². The summed E-state index contributed by atoms with van der Waals surface area (Å²) >= 11 is 13.6. The van der Waals surface area contributed by atoms with Gasteiger partial charge in [0.05, 0.1) is 5.25 Å². The van der Waals surface area contributed by atoms with Gasteiger partial charge in [0.25, 0.3) is 0 Å². The minimum atomic E-state index is -1.72. The summed E-state index contributed by atoms with van der Waals surface area (Å²) < 4.78 is 13.6. The number of alkyl halides is 1. The van der Waals surface area contributed by atoms with Crippen molar-refractivity contribution in [3.8, 4) is 0 Å². The van der Waals surface area contributed by atoms with Gasteiger partial charge in [-0.25, -0.2) is 4.39 Å². The standard InChI is InChI=1S/C15H13Cl2FO2S/c1-21-14-11(16)7-10(18)8-15(14,17)13(20)12(19)9-5-3-2-4-6-9/h2-8,12,14,19H,1H3. The van der Waals surface area contributed by atoms with Crippen LogP contribution in [-0.2, 0) is 4.79 Å². The van der Waals surface area contributed by atoms with E-state index in [1.54, 1.807) is 36.6 Å². The highest BCUT2D eigenvalue weighted by atomic mass is 35.5. The van der Waals surface area contributed by atoms with E-state index in [0.29, 0.717) is 5.56 Å². The van der Waals surface area contributed by atoms with Crippen molar-refractivity contribution in [2.45, 2.75) is 16.2 Å². The monoisotopic (exact) mass is 346 g/mol. The number of carbonyl (C=O) groups is 1. The molecule has 0 bridgehead atoms. The average Bonchev–Trinajstić information content (AvgIpc) is 2.46. The highest BCUT2D eigenvalue weighted by Crippen LogP contribution is 2.44. The maximum Gasteiger partial charge on any atom is 0.192 e. The van der Waals surface area contributed by atoms with Gasteiger partial charge in [-0.05, 0) is 24.0 Å². The van der Waals surface area contributed by atoms with Crippen molar-refractivity contribution in [1.82, 2.24) is 0 Å². The number of hydrogen-bond acceptors (Lipinski definition) is 3. The van der Waals surface area contributed by atoms with Gasteiger partial charge in [0.15, 0.2) is 5.78 Å². The van der Waals surface area contributed by atoms with Crippen LogP contribution in [0.4, 0.5) is 4.39 Å². The fourth-order valence-electron chi connectivity index (χ4n) is 2.21. The van der Waals surface area contributed by atoms with Crippen LogP contribution in [-0.4, -0.2) is 27.3 Å². The number of allylic oxidation sites excluding steroid dienone is 3. The molecule has 3 atom stereocenters. The molecular weight excluding hydrogens is 334 g/mol. The zero-order valence-electron chi connectivity index (χ0n) is 11.1. The Morgan fingerprint density at radius 1 is 1.43 bits per heavy atom. The van der Waals surface area contributed by atoms with E-state index in [0.717, 1.165) is 12.2 Å². The first-order chi connectivity index (χ1) is 9.90. The molecule has 2 rings (SSSR count). The third kappa shape index (κ3) is 3.19. The van der Waals surface area contributed by atoms with Crippen LogP contribution in [0, 0.1) is 0 Å². The largest absolute Gasteiger partial charge is 0.380 e. The van der Waals surface area contributed by atoms with Crippen molar-refractivity contribution >= 4 is 40.7 Å². The summed E-state index contributed by atoms with van der Waals surface area (Å²) in [6, 6.07) is 8.38. The number of rotatable bonds is 4. The van der Waals surface area contributed by atoms with Crippen molar-refractivity contribution in [2.75, 3.05) is 6.26 Å².